The summed E-state index contributed by atoms with van der Waals surface area (Å²) < 4.78 is 53.6. The quantitative estimate of drug-likeness (QED) is 0.478. The molecule has 0 aliphatic carbocycles. The number of carbonyl (C=O) groups excluding carboxylic acids is 1. The van der Waals surface area contributed by atoms with Crippen LogP contribution >= 0.6 is 0 Å². The van der Waals surface area contributed by atoms with E-state index < -0.39 is 35.7 Å². The second-order valence-corrected chi connectivity index (χ2v) is 9.79. The molecule has 0 unspecified atom stereocenters. The average molecular weight is 539 g/mol. The van der Waals surface area contributed by atoms with E-state index in [4.69, 9.17) is 14.2 Å². The summed E-state index contributed by atoms with van der Waals surface area (Å²) in [5, 5.41) is 12.5. The van der Waals surface area contributed by atoms with E-state index in [0.29, 0.717) is 34.6 Å². The molecule has 0 aromatic heterocycles. The number of alkyl halides is 2. The van der Waals surface area contributed by atoms with Crippen LogP contribution in [0.25, 0.3) is 0 Å². The Morgan fingerprint density at radius 1 is 1.03 bits per heavy atom. The summed E-state index contributed by atoms with van der Waals surface area (Å²) in [6.07, 6.45) is -4.05. The smallest absolute Gasteiger partial charge is 0.497 e. The van der Waals surface area contributed by atoms with Gasteiger partial charge in [0.1, 0.15) is 35.4 Å². The number of halogens is 2. The van der Waals surface area contributed by atoms with Crippen LogP contribution in [-0.4, -0.2) is 37.0 Å². The van der Waals surface area contributed by atoms with Crippen LogP contribution < -0.4 is 29.0 Å². The van der Waals surface area contributed by atoms with Gasteiger partial charge in [-0.15, -0.1) is 8.78 Å². The first-order chi connectivity index (χ1) is 18.6. The van der Waals surface area contributed by atoms with Gasteiger partial charge in [-0.05, 0) is 42.8 Å². The Balaban J connectivity index is 1.32. The van der Waals surface area contributed by atoms with Crippen molar-refractivity contribution in [1.82, 2.24) is 5.32 Å². The van der Waals surface area contributed by atoms with E-state index in [1.807, 2.05) is 0 Å². The molecule has 39 heavy (non-hydrogen) atoms. The van der Waals surface area contributed by atoms with Crippen LogP contribution in [0.15, 0.2) is 54.6 Å². The van der Waals surface area contributed by atoms with Crippen molar-refractivity contribution in [2.75, 3.05) is 13.7 Å². The Morgan fingerprint density at radius 2 is 1.79 bits per heavy atom. The highest BCUT2D eigenvalue weighted by Gasteiger charge is 2.49. The number of aromatic carboxylic acids is 1. The number of hydrogen-bond donors (Lipinski definition) is 2. The van der Waals surface area contributed by atoms with Crippen LogP contribution in [0.2, 0.25) is 0 Å². The van der Waals surface area contributed by atoms with E-state index in [1.54, 1.807) is 37.3 Å². The monoisotopic (exact) mass is 539 g/mol. The lowest BCUT2D eigenvalue weighted by molar-refractivity contribution is -0.286. The number of carboxylic acid groups (broad SMARTS) is 1. The van der Waals surface area contributed by atoms with Gasteiger partial charge in [0.15, 0.2) is 11.5 Å². The Hall–Kier alpha value is -4.54. The third-order valence-electron chi connectivity index (χ3n) is 7.24. The van der Waals surface area contributed by atoms with Crippen LogP contribution in [0.5, 0.6) is 28.7 Å². The molecule has 1 amide bonds. The fourth-order valence-corrected chi connectivity index (χ4v) is 5.12. The fourth-order valence-electron chi connectivity index (χ4n) is 5.12. The summed E-state index contributed by atoms with van der Waals surface area (Å²) in [5.41, 5.74) is 0.646. The SMILES string of the molecule is COc1ccc2c(c1)O[C@@H](c1cccc(C(=O)O)c1)C[C@H]2NC(=O)[C@]1(C)COc2cc3c(cc21)OC(F)(F)O3. The number of carbonyl (C=O) groups is 2. The van der Waals surface area contributed by atoms with E-state index in [0.717, 1.165) is 0 Å². The number of ether oxygens (including phenoxy) is 5. The molecule has 3 aromatic carbocycles. The maximum absolute atomic E-state index is 13.8. The van der Waals surface area contributed by atoms with Gasteiger partial charge >= 0.3 is 12.3 Å². The van der Waals surface area contributed by atoms with Crippen LogP contribution in [0, 0.1) is 0 Å². The van der Waals surface area contributed by atoms with E-state index in [-0.39, 0.29) is 29.4 Å². The second-order valence-electron chi connectivity index (χ2n) is 9.79. The maximum Gasteiger partial charge on any atom is 0.586 e. The van der Waals surface area contributed by atoms with Crippen LogP contribution in [0.4, 0.5) is 8.78 Å². The van der Waals surface area contributed by atoms with E-state index >= 15 is 0 Å². The number of rotatable bonds is 5. The summed E-state index contributed by atoms with van der Waals surface area (Å²) in [6, 6.07) is 13.8. The summed E-state index contributed by atoms with van der Waals surface area (Å²) in [4.78, 5) is 25.3. The minimum Gasteiger partial charge on any atom is -0.497 e. The Kier molecular flexibility index (Phi) is 5.56. The van der Waals surface area contributed by atoms with Gasteiger partial charge in [-0.3, -0.25) is 4.79 Å². The Bertz CT molecular complexity index is 1510. The minimum absolute atomic E-state index is 0.0176. The highest BCUT2D eigenvalue weighted by atomic mass is 19.3. The standard InChI is InChI=1S/C28H23F2NO8/c1-27(13-36-22-12-24-23(10-18(22)27)38-28(29,30)39-24)26(34)31-19-11-20(14-4-3-5-15(8-14)25(32)33)37-21-9-16(35-2)6-7-17(19)21/h3-10,12,19-20H,11,13H2,1-2H3,(H,31,34)(H,32,33)/t19-,20-,27-/m1/s1. The largest absolute Gasteiger partial charge is 0.586 e. The number of fused-ring (bicyclic) bond motifs is 3. The zero-order chi connectivity index (χ0) is 27.5. The first-order valence-electron chi connectivity index (χ1n) is 12.1. The molecule has 6 rings (SSSR count). The molecule has 3 atom stereocenters. The number of hydrogen-bond acceptors (Lipinski definition) is 7. The van der Waals surface area contributed by atoms with Crippen molar-refractivity contribution in [2.24, 2.45) is 0 Å². The van der Waals surface area contributed by atoms with Crippen molar-refractivity contribution in [2.45, 2.75) is 37.2 Å². The molecule has 0 radical (unpaired) electrons. The summed E-state index contributed by atoms with van der Waals surface area (Å²) in [5.74, 6) is -0.503. The van der Waals surface area contributed by atoms with Crippen molar-refractivity contribution < 1.29 is 47.2 Å². The molecule has 202 valence electrons. The van der Waals surface area contributed by atoms with E-state index in [1.165, 1.54) is 31.4 Å². The molecular formula is C28H23F2NO8. The molecule has 0 saturated heterocycles. The lowest BCUT2D eigenvalue weighted by Crippen LogP contribution is -2.46. The van der Waals surface area contributed by atoms with Gasteiger partial charge < -0.3 is 34.1 Å². The van der Waals surface area contributed by atoms with Crippen LogP contribution in [0.3, 0.4) is 0 Å². The number of nitrogens with one attached hydrogen (secondary N) is 1. The van der Waals surface area contributed by atoms with Crippen molar-refractivity contribution in [3.05, 3.63) is 76.9 Å². The maximum atomic E-state index is 13.8. The molecule has 3 heterocycles. The Labute approximate surface area is 221 Å². The van der Waals surface area contributed by atoms with Gasteiger partial charge in [-0.2, -0.15) is 0 Å². The molecule has 3 aliphatic heterocycles. The predicted octanol–water partition coefficient (Wildman–Crippen LogP) is 4.75. The van der Waals surface area contributed by atoms with Crippen molar-refractivity contribution in [3.8, 4) is 28.7 Å². The van der Waals surface area contributed by atoms with Gasteiger partial charge in [0, 0.05) is 29.7 Å². The number of amides is 1. The van der Waals surface area contributed by atoms with Gasteiger partial charge in [0.25, 0.3) is 0 Å². The number of benzene rings is 3. The van der Waals surface area contributed by atoms with Crippen molar-refractivity contribution in [3.63, 3.8) is 0 Å². The molecule has 2 N–H and O–H groups in total. The zero-order valence-electron chi connectivity index (χ0n) is 20.8. The van der Waals surface area contributed by atoms with Gasteiger partial charge in [0.05, 0.1) is 18.7 Å². The van der Waals surface area contributed by atoms with Crippen LogP contribution in [0.1, 0.15) is 52.5 Å². The zero-order valence-corrected chi connectivity index (χ0v) is 20.8. The van der Waals surface area contributed by atoms with E-state index in [2.05, 4.69) is 14.8 Å². The van der Waals surface area contributed by atoms with Gasteiger partial charge in [0.2, 0.25) is 5.91 Å². The third-order valence-corrected chi connectivity index (χ3v) is 7.24. The summed E-state index contributed by atoms with van der Waals surface area (Å²) in [6.45, 7) is 1.65. The number of carboxylic acids is 1. The van der Waals surface area contributed by atoms with E-state index in [9.17, 15) is 23.5 Å². The third kappa shape index (κ3) is 4.23. The average Bonchev–Trinajstić information content (AvgIpc) is 3.41. The molecule has 9 nitrogen and oxygen atoms in total. The molecule has 0 saturated carbocycles. The van der Waals surface area contributed by atoms with Gasteiger partial charge in [-0.1, -0.05) is 12.1 Å². The first-order valence-corrected chi connectivity index (χ1v) is 12.1. The van der Waals surface area contributed by atoms with Crippen LogP contribution in [-0.2, 0) is 10.2 Å². The molecule has 3 aromatic rings. The van der Waals surface area contributed by atoms with Crippen molar-refractivity contribution in [1.29, 1.82) is 0 Å². The molecule has 0 spiro atoms. The Morgan fingerprint density at radius 3 is 2.54 bits per heavy atom. The lowest BCUT2D eigenvalue weighted by Gasteiger charge is -2.35. The topological polar surface area (TPSA) is 113 Å². The highest BCUT2D eigenvalue weighted by Crippen LogP contribution is 2.50. The number of methoxy groups -OCH3 is 1. The highest BCUT2D eigenvalue weighted by molar-refractivity contribution is 5.90. The molecule has 0 bridgehead atoms. The van der Waals surface area contributed by atoms with Gasteiger partial charge in [-0.25, -0.2) is 4.79 Å². The summed E-state index contributed by atoms with van der Waals surface area (Å²) >= 11 is 0. The molecule has 0 fully saturated rings. The summed E-state index contributed by atoms with van der Waals surface area (Å²) in [7, 11) is 1.53. The van der Waals surface area contributed by atoms with Crippen molar-refractivity contribution >= 4 is 11.9 Å². The molecular weight excluding hydrogens is 516 g/mol. The predicted molar refractivity (Wildman–Crippen MR) is 131 cm³/mol. The normalized spacial score (nSPS) is 23.6. The molecule has 3 aliphatic rings. The fraction of sp³-hybridized carbons (Fsp3) is 0.286. The minimum atomic E-state index is -3.80. The molecule has 11 heteroatoms. The first kappa shape index (κ1) is 24.8. The lowest BCUT2D eigenvalue weighted by atomic mass is 9.82. The second kappa shape index (κ2) is 8.75.